The van der Waals surface area contributed by atoms with Gasteiger partial charge in [-0.1, -0.05) is 165 Å². The first kappa shape index (κ1) is 56.9. The van der Waals surface area contributed by atoms with Gasteiger partial charge >= 0.3 is 23.9 Å². The zero-order chi connectivity index (χ0) is 52.3. The molecule has 0 saturated carbocycles. The highest BCUT2D eigenvalue weighted by Gasteiger charge is 2.18. The summed E-state index contributed by atoms with van der Waals surface area (Å²) in [6, 6.07) is 32.1. The van der Waals surface area contributed by atoms with Gasteiger partial charge in [-0.2, -0.15) is 0 Å². The highest BCUT2D eigenvalue weighted by molar-refractivity contribution is 6.33. The molecule has 6 aromatic carbocycles. The zero-order valence-electron chi connectivity index (χ0n) is 42.9. The van der Waals surface area contributed by atoms with Gasteiger partial charge in [0.1, 0.15) is 34.5 Å². The van der Waals surface area contributed by atoms with E-state index in [1.165, 1.54) is 139 Å². The molecule has 0 atom stereocenters. The lowest BCUT2D eigenvalue weighted by Crippen LogP contribution is -2.11. The van der Waals surface area contributed by atoms with Gasteiger partial charge < -0.3 is 28.4 Å². The molecule has 0 spiro atoms. The minimum Gasteiger partial charge on any atom is -0.494 e. The summed E-state index contributed by atoms with van der Waals surface area (Å²) in [4.78, 5) is 52.4. The van der Waals surface area contributed by atoms with Crippen LogP contribution in [0.4, 0.5) is 0 Å². The number of benzene rings is 6. The molecule has 0 unspecified atom stereocenters. The van der Waals surface area contributed by atoms with Crippen LogP contribution in [0, 0.1) is 0 Å². The summed E-state index contributed by atoms with van der Waals surface area (Å²) in [6.07, 6.45) is 25.1. The Morgan fingerprint density at radius 2 is 0.635 bits per heavy atom. The molecule has 0 aromatic heterocycles. The summed E-state index contributed by atoms with van der Waals surface area (Å²) < 4.78 is 34.2. The molecule has 0 aliphatic carbocycles. The number of fused-ring (bicyclic) bond motifs is 1. The highest BCUT2D eigenvalue weighted by Crippen LogP contribution is 2.31. The van der Waals surface area contributed by atoms with Crippen LogP contribution in [0.1, 0.15) is 184 Å². The van der Waals surface area contributed by atoms with Crippen molar-refractivity contribution in [3.8, 4) is 34.5 Å². The number of carbonyl (C=O) groups excluding carboxylic acids is 4. The average Bonchev–Trinajstić information content (AvgIpc) is 3.40. The lowest BCUT2D eigenvalue weighted by Gasteiger charge is -2.11. The normalized spacial score (nSPS) is 11.0. The Bertz CT molecular complexity index is 2540. The van der Waals surface area contributed by atoms with Crippen molar-refractivity contribution < 1.29 is 47.6 Å². The molecular formula is C62H70Cl2O10. The van der Waals surface area contributed by atoms with E-state index in [0.29, 0.717) is 41.2 Å². The average molecular weight is 1050 g/mol. The van der Waals surface area contributed by atoms with Gasteiger partial charge in [0.15, 0.2) is 0 Å². The Kier molecular flexibility index (Phi) is 24.1. The molecule has 0 fully saturated rings. The third-order valence-corrected chi connectivity index (χ3v) is 13.2. The molecule has 392 valence electrons. The second-order valence-corrected chi connectivity index (χ2v) is 19.4. The van der Waals surface area contributed by atoms with Crippen LogP contribution in [0.2, 0.25) is 10.0 Å². The Morgan fingerprint density at radius 1 is 0.324 bits per heavy atom. The lowest BCUT2D eigenvalue weighted by molar-refractivity contribution is 0.0720. The largest absolute Gasteiger partial charge is 0.494 e. The molecule has 0 aliphatic heterocycles. The monoisotopic (exact) mass is 1040 g/mol. The minimum absolute atomic E-state index is 0.0486. The quantitative estimate of drug-likeness (QED) is 0.0229. The molecule has 6 rings (SSSR count). The molecule has 0 aliphatic rings. The maximum atomic E-state index is 13.2. The first-order valence-corrected chi connectivity index (χ1v) is 27.3. The van der Waals surface area contributed by atoms with Crippen molar-refractivity contribution in [3.05, 3.63) is 154 Å². The third kappa shape index (κ3) is 19.2. The molecule has 0 amide bonds. The molecular weight excluding hydrogens is 976 g/mol. The van der Waals surface area contributed by atoms with Gasteiger partial charge in [0.05, 0.1) is 45.5 Å². The Hall–Kier alpha value is -6.36. The fourth-order valence-corrected chi connectivity index (χ4v) is 8.77. The third-order valence-electron chi connectivity index (χ3n) is 12.7. The van der Waals surface area contributed by atoms with Crippen LogP contribution in [0.3, 0.4) is 0 Å². The molecule has 6 aromatic rings. The lowest BCUT2D eigenvalue weighted by atomic mass is 10.1. The van der Waals surface area contributed by atoms with Crippen molar-refractivity contribution in [1.29, 1.82) is 0 Å². The van der Waals surface area contributed by atoms with Crippen molar-refractivity contribution >= 4 is 57.9 Å². The number of hydrogen-bond donors (Lipinski definition) is 0. The fourth-order valence-electron chi connectivity index (χ4n) is 8.33. The Labute approximate surface area is 446 Å². The smallest absolute Gasteiger partial charge is 0.343 e. The van der Waals surface area contributed by atoms with Crippen LogP contribution >= 0.6 is 23.2 Å². The second-order valence-electron chi connectivity index (χ2n) is 18.6. The predicted molar refractivity (Wildman–Crippen MR) is 294 cm³/mol. The van der Waals surface area contributed by atoms with Crippen LogP contribution in [0.25, 0.3) is 10.8 Å². The van der Waals surface area contributed by atoms with Crippen LogP contribution in [0.15, 0.2) is 121 Å². The molecule has 0 radical (unpaired) electrons. The van der Waals surface area contributed by atoms with Crippen molar-refractivity contribution in [2.45, 2.75) is 142 Å². The number of ether oxygens (including phenoxy) is 6. The van der Waals surface area contributed by atoms with Crippen LogP contribution < -0.4 is 28.4 Å². The van der Waals surface area contributed by atoms with Crippen LogP contribution in [-0.2, 0) is 0 Å². The maximum Gasteiger partial charge on any atom is 0.343 e. The van der Waals surface area contributed by atoms with E-state index in [4.69, 9.17) is 51.6 Å². The van der Waals surface area contributed by atoms with E-state index < -0.39 is 23.9 Å². The molecule has 0 N–H and O–H groups in total. The first-order valence-electron chi connectivity index (χ1n) is 26.6. The van der Waals surface area contributed by atoms with E-state index in [1.807, 2.05) is 0 Å². The van der Waals surface area contributed by atoms with Crippen LogP contribution in [-0.4, -0.2) is 37.1 Å². The van der Waals surface area contributed by atoms with Gasteiger partial charge in [-0.3, -0.25) is 0 Å². The van der Waals surface area contributed by atoms with Crippen molar-refractivity contribution in [3.63, 3.8) is 0 Å². The van der Waals surface area contributed by atoms with E-state index in [0.717, 1.165) is 31.1 Å². The molecule has 12 heteroatoms. The first-order chi connectivity index (χ1) is 36.1. The summed E-state index contributed by atoms with van der Waals surface area (Å²) in [7, 11) is 0. The Balaban J connectivity index is 0.919. The van der Waals surface area contributed by atoms with E-state index in [2.05, 4.69) is 13.8 Å². The summed E-state index contributed by atoms with van der Waals surface area (Å²) in [5.41, 5.74) is 0.910. The molecule has 0 heterocycles. The topological polar surface area (TPSA) is 124 Å². The summed E-state index contributed by atoms with van der Waals surface area (Å²) >= 11 is 12.9. The molecule has 74 heavy (non-hydrogen) atoms. The van der Waals surface area contributed by atoms with Gasteiger partial charge in [-0.05, 0) is 133 Å². The Morgan fingerprint density at radius 3 is 0.986 bits per heavy atom. The second kappa shape index (κ2) is 31.4. The summed E-state index contributed by atoms with van der Waals surface area (Å²) in [5.74, 6) is -0.611. The number of hydrogen-bond acceptors (Lipinski definition) is 10. The highest BCUT2D eigenvalue weighted by atomic mass is 35.5. The van der Waals surface area contributed by atoms with Crippen molar-refractivity contribution in [1.82, 2.24) is 0 Å². The van der Waals surface area contributed by atoms with Crippen LogP contribution in [0.5, 0.6) is 34.5 Å². The minimum atomic E-state index is -0.691. The predicted octanol–water partition coefficient (Wildman–Crippen LogP) is 17.6. The van der Waals surface area contributed by atoms with E-state index in [1.54, 1.807) is 84.9 Å². The summed E-state index contributed by atoms with van der Waals surface area (Å²) in [6.45, 7) is 5.72. The van der Waals surface area contributed by atoms with Crippen molar-refractivity contribution in [2.24, 2.45) is 0 Å². The van der Waals surface area contributed by atoms with E-state index >= 15 is 0 Å². The SMILES string of the molecule is CCCCCCCCCCCCOc1ccc(C(=O)Oc2ccc(C(=O)Oc3ccc4ccc(OC(=O)c5ccc(OC(=O)c6ccc(OCCCCCCCCCCCC)cc6)c(Cl)c5)cc4c3)cc2Cl)cc1. The van der Waals surface area contributed by atoms with Gasteiger partial charge in [0, 0.05) is 0 Å². The van der Waals surface area contributed by atoms with Gasteiger partial charge in [-0.15, -0.1) is 0 Å². The van der Waals surface area contributed by atoms with E-state index in [9.17, 15) is 19.2 Å². The zero-order valence-corrected chi connectivity index (χ0v) is 44.5. The number of esters is 4. The number of halogens is 2. The van der Waals surface area contributed by atoms with Gasteiger partial charge in [-0.25, -0.2) is 19.2 Å². The van der Waals surface area contributed by atoms with E-state index in [-0.39, 0.29) is 44.2 Å². The molecule has 0 saturated heterocycles. The number of rotatable bonds is 32. The standard InChI is InChI=1S/C62H70Cl2O10/c1-3-5-7-9-11-13-15-17-19-21-39-69-51-31-25-46(26-32-51)59(65)73-57-37-29-48(43-55(57)63)61(67)71-53-35-23-45-24-36-54(42-50(45)41-53)72-62(68)49-30-38-58(56(64)44-49)74-60(66)47-27-33-52(34-28-47)70-40-22-20-18-16-14-12-10-8-6-4-2/h23-38,41-44H,3-22,39-40H2,1-2H3. The molecule has 0 bridgehead atoms. The van der Waals surface area contributed by atoms with Crippen molar-refractivity contribution in [2.75, 3.05) is 13.2 Å². The summed E-state index contributed by atoms with van der Waals surface area (Å²) in [5, 5.41) is 1.52. The fraction of sp³-hybridized carbons (Fsp3) is 0.387. The van der Waals surface area contributed by atoms with Gasteiger partial charge in [0.2, 0.25) is 0 Å². The molecule has 10 nitrogen and oxygen atoms in total. The number of carbonyl (C=O) groups is 4. The van der Waals surface area contributed by atoms with Gasteiger partial charge in [0.25, 0.3) is 0 Å². The number of unbranched alkanes of at least 4 members (excludes halogenated alkanes) is 18. The maximum absolute atomic E-state index is 13.2.